The topological polar surface area (TPSA) is 25.8 Å². The van der Waals surface area contributed by atoms with Crippen LogP contribution in [-0.2, 0) is 0 Å². The molecule has 0 unspecified atom stereocenters. The molecule has 76 valence electrons. The molecule has 1 aromatic carbocycles. The molecule has 0 atom stereocenters. The van der Waals surface area contributed by atoms with Crippen molar-refractivity contribution in [2.75, 3.05) is 0 Å². The summed E-state index contributed by atoms with van der Waals surface area (Å²) in [5, 5.41) is 0.252. The third-order valence-corrected chi connectivity index (χ3v) is 2.08. The minimum atomic E-state index is -0.667. The fourth-order valence-corrected chi connectivity index (χ4v) is 1.43. The van der Waals surface area contributed by atoms with Crippen LogP contribution in [-0.4, -0.2) is 9.97 Å². The molecule has 2 aromatic rings. The summed E-state index contributed by atoms with van der Waals surface area (Å²) >= 11 is 5.79. The number of rotatable bonds is 1. The van der Waals surface area contributed by atoms with Gasteiger partial charge in [0, 0.05) is 17.8 Å². The molecule has 0 N–H and O–H groups in total. The fourth-order valence-electron chi connectivity index (χ4n) is 1.22. The Kier molecular flexibility index (Phi) is 2.60. The molecule has 0 bridgehead atoms. The van der Waals surface area contributed by atoms with Crippen LogP contribution in [0.3, 0.4) is 0 Å². The van der Waals surface area contributed by atoms with Gasteiger partial charge in [-0.05, 0) is 12.1 Å². The van der Waals surface area contributed by atoms with Gasteiger partial charge in [0.25, 0.3) is 0 Å². The van der Waals surface area contributed by atoms with E-state index in [4.69, 9.17) is 11.6 Å². The second-order valence-electron chi connectivity index (χ2n) is 2.88. The first-order valence-electron chi connectivity index (χ1n) is 4.09. The maximum atomic E-state index is 12.9. The maximum Gasteiger partial charge on any atom is 0.126 e. The molecule has 0 saturated heterocycles. The van der Waals surface area contributed by atoms with E-state index in [1.807, 2.05) is 0 Å². The Morgan fingerprint density at radius 2 is 1.73 bits per heavy atom. The predicted molar refractivity (Wildman–Crippen MR) is 52.4 cm³/mol. The molecule has 0 saturated carbocycles. The molecule has 0 spiro atoms. The smallest absolute Gasteiger partial charge is 0.126 e. The number of aromatic nitrogens is 2. The van der Waals surface area contributed by atoms with Crippen molar-refractivity contribution in [3.63, 3.8) is 0 Å². The first-order chi connectivity index (χ1) is 7.16. The number of halogens is 3. The number of hydrogen-bond donors (Lipinski definition) is 0. The molecule has 5 heteroatoms. The van der Waals surface area contributed by atoms with Crippen molar-refractivity contribution >= 4 is 11.6 Å². The third-order valence-electron chi connectivity index (χ3n) is 1.80. The molecule has 0 radical (unpaired) electrons. The maximum absolute atomic E-state index is 12.9. The van der Waals surface area contributed by atoms with Gasteiger partial charge in [-0.3, -0.25) is 0 Å². The molecule has 15 heavy (non-hydrogen) atoms. The first kappa shape index (κ1) is 9.98. The normalized spacial score (nSPS) is 10.3. The zero-order chi connectivity index (χ0) is 10.8. The largest absolute Gasteiger partial charge is 0.243 e. The van der Waals surface area contributed by atoms with Crippen molar-refractivity contribution in [2.45, 2.75) is 0 Å². The van der Waals surface area contributed by atoms with Crippen LogP contribution in [0.1, 0.15) is 0 Å². The van der Waals surface area contributed by atoms with Crippen molar-refractivity contribution in [3.8, 4) is 11.3 Å². The van der Waals surface area contributed by atoms with Gasteiger partial charge >= 0.3 is 0 Å². The summed E-state index contributed by atoms with van der Waals surface area (Å²) in [6, 6.07) is 3.12. The van der Waals surface area contributed by atoms with Crippen LogP contribution in [0.5, 0.6) is 0 Å². The quantitative estimate of drug-likeness (QED) is 0.747. The Bertz CT molecular complexity index is 482. The Hall–Kier alpha value is -1.55. The lowest BCUT2D eigenvalue weighted by Gasteiger charge is -2.02. The van der Waals surface area contributed by atoms with Gasteiger partial charge in [0.15, 0.2) is 0 Å². The highest BCUT2D eigenvalue weighted by molar-refractivity contribution is 6.32. The van der Waals surface area contributed by atoms with E-state index in [1.54, 1.807) is 0 Å². The highest BCUT2D eigenvalue weighted by atomic mass is 35.5. The molecule has 0 amide bonds. The van der Waals surface area contributed by atoms with E-state index in [2.05, 4.69) is 9.97 Å². The van der Waals surface area contributed by atoms with Crippen molar-refractivity contribution in [3.05, 3.63) is 47.4 Å². The number of nitrogens with zero attached hydrogens (tertiary/aromatic N) is 2. The van der Waals surface area contributed by atoms with E-state index in [-0.39, 0.29) is 5.02 Å². The summed E-state index contributed by atoms with van der Waals surface area (Å²) < 4.78 is 25.8. The molecular formula is C10H5ClF2N2. The standard InChI is InChI=1S/C10H5ClF2N2/c11-9-4-14-5-15-10(9)6-1-7(12)3-8(13)2-6/h1-5H. The molecule has 0 fully saturated rings. The van der Waals surface area contributed by atoms with Gasteiger partial charge in [0.05, 0.1) is 10.7 Å². The lowest BCUT2D eigenvalue weighted by molar-refractivity contribution is 0.584. The lowest BCUT2D eigenvalue weighted by Crippen LogP contribution is -1.89. The number of hydrogen-bond acceptors (Lipinski definition) is 2. The highest BCUT2D eigenvalue weighted by Crippen LogP contribution is 2.25. The van der Waals surface area contributed by atoms with Crippen molar-refractivity contribution in [1.82, 2.24) is 9.97 Å². The molecule has 0 aliphatic heterocycles. The summed E-state index contributed by atoms with van der Waals surface area (Å²) in [5.74, 6) is -1.33. The summed E-state index contributed by atoms with van der Waals surface area (Å²) in [6.45, 7) is 0. The van der Waals surface area contributed by atoms with Crippen LogP contribution < -0.4 is 0 Å². The summed E-state index contributed by atoms with van der Waals surface area (Å²) in [5.41, 5.74) is 0.602. The van der Waals surface area contributed by atoms with Gasteiger partial charge in [0.2, 0.25) is 0 Å². The Morgan fingerprint density at radius 1 is 1.07 bits per heavy atom. The van der Waals surface area contributed by atoms with E-state index in [9.17, 15) is 8.78 Å². The minimum Gasteiger partial charge on any atom is -0.243 e. The van der Waals surface area contributed by atoms with E-state index < -0.39 is 11.6 Å². The van der Waals surface area contributed by atoms with Crippen LogP contribution in [0.4, 0.5) is 8.78 Å². The van der Waals surface area contributed by atoms with Crippen molar-refractivity contribution < 1.29 is 8.78 Å². The number of benzene rings is 1. The van der Waals surface area contributed by atoms with E-state index in [1.165, 1.54) is 12.5 Å². The zero-order valence-corrected chi connectivity index (χ0v) is 8.17. The molecule has 2 nitrogen and oxygen atoms in total. The molecule has 1 aromatic heterocycles. The molecule has 2 rings (SSSR count). The Labute approximate surface area is 89.6 Å². The van der Waals surface area contributed by atoms with Crippen molar-refractivity contribution in [1.29, 1.82) is 0 Å². The zero-order valence-electron chi connectivity index (χ0n) is 7.42. The van der Waals surface area contributed by atoms with Gasteiger partial charge in [0.1, 0.15) is 18.0 Å². The SMILES string of the molecule is Fc1cc(F)cc(-c2ncncc2Cl)c1. The lowest BCUT2D eigenvalue weighted by atomic mass is 10.1. The van der Waals surface area contributed by atoms with E-state index >= 15 is 0 Å². The minimum absolute atomic E-state index is 0.252. The summed E-state index contributed by atoms with van der Waals surface area (Å²) in [7, 11) is 0. The van der Waals surface area contributed by atoms with Gasteiger partial charge in [-0.1, -0.05) is 11.6 Å². The molecule has 1 heterocycles. The Morgan fingerprint density at radius 3 is 2.33 bits per heavy atom. The van der Waals surface area contributed by atoms with Crippen LogP contribution >= 0.6 is 11.6 Å². The summed E-state index contributed by atoms with van der Waals surface area (Å²) in [6.07, 6.45) is 2.64. The summed E-state index contributed by atoms with van der Waals surface area (Å²) in [4.78, 5) is 7.54. The van der Waals surface area contributed by atoms with E-state index in [0.717, 1.165) is 18.2 Å². The highest BCUT2D eigenvalue weighted by Gasteiger charge is 2.07. The van der Waals surface area contributed by atoms with Crippen LogP contribution in [0, 0.1) is 11.6 Å². The van der Waals surface area contributed by atoms with Crippen LogP contribution in [0.2, 0.25) is 5.02 Å². The predicted octanol–water partition coefficient (Wildman–Crippen LogP) is 3.08. The van der Waals surface area contributed by atoms with Crippen molar-refractivity contribution in [2.24, 2.45) is 0 Å². The van der Waals surface area contributed by atoms with Crippen LogP contribution in [0.25, 0.3) is 11.3 Å². The first-order valence-corrected chi connectivity index (χ1v) is 4.46. The van der Waals surface area contributed by atoms with Gasteiger partial charge in [-0.2, -0.15) is 0 Å². The van der Waals surface area contributed by atoms with Crippen LogP contribution in [0.15, 0.2) is 30.7 Å². The van der Waals surface area contributed by atoms with Gasteiger partial charge in [-0.25, -0.2) is 18.7 Å². The van der Waals surface area contributed by atoms with Gasteiger partial charge in [-0.15, -0.1) is 0 Å². The van der Waals surface area contributed by atoms with Gasteiger partial charge < -0.3 is 0 Å². The average molecular weight is 227 g/mol. The molecular weight excluding hydrogens is 222 g/mol. The average Bonchev–Trinajstić information content (AvgIpc) is 2.16. The third kappa shape index (κ3) is 2.10. The molecule has 0 aliphatic carbocycles. The second kappa shape index (κ2) is 3.90. The molecule has 0 aliphatic rings. The second-order valence-corrected chi connectivity index (χ2v) is 3.28. The fraction of sp³-hybridized carbons (Fsp3) is 0. The van der Waals surface area contributed by atoms with E-state index in [0.29, 0.717) is 11.3 Å². The Balaban J connectivity index is 2.59. The monoisotopic (exact) mass is 226 g/mol.